The van der Waals surface area contributed by atoms with Gasteiger partial charge in [-0.15, -0.1) is 0 Å². The third-order valence-electron chi connectivity index (χ3n) is 3.66. The molecule has 0 bridgehead atoms. The summed E-state index contributed by atoms with van der Waals surface area (Å²) in [5.41, 5.74) is 2.94. The lowest BCUT2D eigenvalue weighted by Gasteiger charge is -2.27. The van der Waals surface area contributed by atoms with Crippen LogP contribution in [0.25, 0.3) is 0 Å². The summed E-state index contributed by atoms with van der Waals surface area (Å²) in [6, 6.07) is 18.1. The highest BCUT2D eigenvalue weighted by Gasteiger charge is 2.18. The molecular weight excluding hydrogens is 300 g/mol. The van der Waals surface area contributed by atoms with Gasteiger partial charge in [0.1, 0.15) is 0 Å². The number of hydrogen-bond acceptors (Lipinski definition) is 3. The van der Waals surface area contributed by atoms with E-state index in [-0.39, 0.29) is 11.9 Å². The van der Waals surface area contributed by atoms with Crippen LogP contribution in [0.15, 0.2) is 54.6 Å². The van der Waals surface area contributed by atoms with E-state index in [4.69, 9.17) is 4.74 Å². The van der Waals surface area contributed by atoms with Gasteiger partial charge in [0.2, 0.25) is 5.91 Å². The van der Waals surface area contributed by atoms with Gasteiger partial charge in [0.05, 0.1) is 13.0 Å². The van der Waals surface area contributed by atoms with E-state index >= 15 is 0 Å². The SMILES string of the molecule is CCOCCC(=O)N(c1ccc(Nc2ccccc2)cc1)C(C)C. The van der Waals surface area contributed by atoms with Crippen molar-refractivity contribution in [2.75, 3.05) is 23.4 Å². The fourth-order valence-electron chi connectivity index (χ4n) is 2.55. The first-order chi connectivity index (χ1) is 11.6. The van der Waals surface area contributed by atoms with E-state index in [9.17, 15) is 4.79 Å². The third-order valence-corrected chi connectivity index (χ3v) is 3.66. The molecule has 0 saturated heterocycles. The Morgan fingerprint density at radius 2 is 1.67 bits per heavy atom. The Morgan fingerprint density at radius 3 is 2.25 bits per heavy atom. The van der Waals surface area contributed by atoms with Crippen molar-refractivity contribution in [3.63, 3.8) is 0 Å². The standard InChI is InChI=1S/C20H26N2O2/c1-4-24-15-14-20(23)22(16(2)3)19-12-10-18(11-13-19)21-17-8-6-5-7-9-17/h5-13,16,21H,4,14-15H2,1-3H3. The second-order valence-corrected chi connectivity index (χ2v) is 5.84. The van der Waals surface area contributed by atoms with Crippen molar-refractivity contribution in [1.29, 1.82) is 0 Å². The lowest BCUT2D eigenvalue weighted by atomic mass is 10.2. The van der Waals surface area contributed by atoms with Crippen LogP contribution in [0, 0.1) is 0 Å². The zero-order valence-corrected chi connectivity index (χ0v) is 14.7. The van der Waals surface area contributed by atoms with Crippen LogP contribution in [-0.2, 0) is 9.53 Å². The van der Waals surface area contributed by atoms with Crippen molar-refractivity contribution >= 4 is 23.0 Å². The van der Waals surface area contributed by atoms with Gasteiger partial charge in [-0.25, -0.2) is 0 Å². The van der Waals surface area contributed by atoms with Crippen LogP contribution in [0.1, 0.15) is 27.2 Å². The Balaban J connectivity index is 2.06. The molecule has 0 atom stereocenters. The highest BCUT2D eigenvalue weighted by Crippen LogP contribution is 2.23. The minimum atomic E-state index is 0.0854. The average molecular weight is 326 g/mol. The molecular formula is C20H26N2O2. The Kier molecular flexibility index (Phi) is 6.82. The molecule has 0 spiro atoms. The number of para-hydroxylation sites is 1. The first-order valence-corrected chi connectivity index (χ1v) is 8.43. The first kappa shape index (κ1) is 18.0. The maximum absolute atomic E-state index is 12.5. The molecule has 0 fully saturated rings. The van der Waals surface area contributed by atoms with Crippen molar-refractivity contribution in [2.24, 2.45) is 0 Å². The molecule has 0 aliphatic carbocycles. The molecule has 0 aliphatic rings. The summed E-state index contributed by atoms with van der Waals surface area (Å²) >= 11 is 0. The van der Waals surface area contributed by atoms with Gasteiger partial charge in [-0.05, 0) is 57.2 Å². The summed E-state index contributed by atoms with van der Waals surface area (Å²) in [6.07, 6.45) is 0.399. The molecule has 4 nitrogen and oxygen atoms in total. The molecule has 0 aliphatic heterocycles. The molecule has 1 N–H and O–H groups in total. The van der Waals surface area contributed by atoms with Crippen LogP contribution in [0.3, 0.4) is 0 Å². The predicted octanol–water partition coefficient (Wildman–Crippen LogP) is 4.60. The fraction of sp³-hybridized carbons (Fsp3) is 0.350. The Labute approximate surface area is 144 Å². The van der Waals surface area contributed by atoms with E-state index in [0.717, 1.165) is 17.1 Å². The van der Waals surface area contributed by atoms with Gasteiger partial charge >= 0.3 is 0 Å². The summed E-state index contributed by atoms with van der Waals surface area (Å²) in [5.74, 6) is 0.0854. The lowest BCUT2D eigenvalue weighted by molar-refractivity contribution is -0.120. The highest BCUT2D eigenvalue weighted by atomic mass is 16.5. The minimum Gasteiger partial charge on any atom is -0.381 e. The topological polar surface area (TPSA) is 41.6 Å². The number of rotatable bonds is 8. The number of carbonyl (C=O) groups is 1. The van der Waals surface area contributed by atoms with E-state index in [2.05, 4.69) is 5.32 Å². The number of amides is 1. The summed E-state index contributed by atoms with van der Waals surface area (Å²) in [5, 5.41) is 3.35. The molecule has 0 aromatic heterocycles. The summed E-state index contributed by atoms with van der Waals surface area (Å²) in [7, 11) is 0. The van der Waals surface area contributed by atoms with Gasteiger partial charge < -0.3 is 15.0 Å². The van der Waals surface area contributed by atoms with Gasteiger partial charge in [-0.3, -0.25) is 4.79 Å². The van der Waals surface area contributed by atoms with E-state index < -0.39 is 0 Å². The highest BCUT2D eigenvalue weighted by molar-refractivity contribution is 5.94. The van der Waals surface area contributed by atoms with E-state index in [1.807, 2.05) is 80.3 Å². The lowest BCUT2D eigenvalue weighted by Crippen LogP contribution is -2.37. The van der Waals surface area contributed by atoms with Crippen LogP contribution in [0.2, 0.25) is 0 Å². The molecule has 0 heterocycles. The van der Waals surface area contributed by atoms with Crippen LogP contribution in [-0.4, -0.2) is 25.2 Å². The molecule has 0 saturated carbocycles. The second kappa shape index (κ2) is 9.08. The van der Waals surface area contributed by atoms with Crippen LogP contribution >= 0.6 is 0 Å². The first-order valence-electron chi connectivity index (χ1n) is 8.43. The maximum atomic E-state index is 12.5. The van der Waals surface area contributed by atoms with E-state index in [1.165, 1.54) is 0 Å². The van der Waals surface area contributed by atoms with Gasteiger partial charge in [-0.1, -0.05) is 18.2 Å². The molecule has 24 heavy (non-hydrogen) atoms. The van der Waals surface area contributed by atoms with Gasteiger partial charge in [0, 0.05) is 29.7 Å². The largest absolute Gasteiger partial charge is 0.381 e. The maximum Gasteiger partial charge on any atom is 0.229 e. The van der Waals surface area contributed by atoms with Crippen LogP contribution in [0.4, 0.5) is 17.1 Å². The summed E-state index contributed by atoms with van der Waals surface area (Å²) < 4.78 is 5.30. The fourth-order valence-corrected chi connectivity index (χ4v) is 2.55. The summed E-state index contributed by atoms with van der Waals surface area (Å²) in [6.45, 7) is 7.08. The van der Waals surface area contributed by atoms with Crippen molar-refractivity contribution in [2.45, 2.75) is 33.2 Å². The molecule has 1 amide bonds. The zero-order chi connectivity index (χ0) is 17.4. The van der Waals surface area contributed by atoms with Gasteiger partial charge in [0.25, 0.3) is 0 Å². The van der Waals surface area contributed by atoms with E-state index in [0.29, 0.717) is 19.6 Å². The normalized spacial score (nSPS) is 10.7. The van der Waals surface area contributed by atoms with Crippen LogP contribution in [0.5, 0.6) is 0 Å². The van der Waals surface area contributed by atoms with Crippen molar-refractivity contribution in [3.05, 3.63) is 54.6 Å². The number of nitrogens with zero attached hydrogens (tertiary/aromatic N) is 1. The third kappa shape index (κ3) is 5.10. The average Bonchev–Trinajstić information content (AvgIpc) is 2.57. The minimum absolute atomic E-state index is 0.0854. The number of benzene rings is 2. The molecule has 0 radical (unpaired) electrons. The molecule has 2 aromatic rings. The second-order valence-electron chi connectivity index (χ2n) is 5.84. The summed E-state index contributed by atoms with van der Waals surface area (Å²) in [4.78, 5) is 14.3. The van der Waals surface area contributed by atoms with E-state index in [1.54, 1.807) is 0 Å². The number of nitrogens with one attached hydrogen (secondary N) is 1. The number of ether oxygens (including phenoxy) is 1. The Morgan fingerprint density at radius 1 is 1.04 bits per heavy atom. The Bertz CT molecular complexity index is 624. The number of anilines is 3. The van der Waals surface area contributed by atoms with Crippen molar-refractivity contribution < 1.29 is 9.53 Å². The molecule has 2 aromatic carbocycles. The molecule has 128 valence electrons. The molecule has 0 unspecified atom stereocenters. The van der Waals surface area contributed by atoms with Crippen molar-refractivity contribution in [3.8, 4) is 0 Å². The van der Waals surface area contributed by atoms with Gasteiger partial charge in [0.15, 0.2) is 0 Å². The molecule has 2 rings (SSSR count). The zero-order valence-electron chi connectivity index (χ0n) is 14.7. The number of carbonyl (C=O) groups excluding carboxylic acids is 1. The van der Waals surface area contributed by atoms with Gasteiger partial charge in [-0.2, -0.15) is 0 Å². The monoisotopic (exact) mass is 326 g/mol. The predicted molar refractivity (Wildman–Crippen MR) is 99.9 cm³/mol. The van der Waals surface area contributed by atoms with Crippen molar-refractivity contribution in [1.82, 2.24) is 0 Å². The number of hydrogen-bond donors (Lipinski definition) is 1. The molecule has 4 heteroatoms. The smallest absolute Gasteiger partial charge is 0.229 e. The Hall–Kier alpha value is -2.33. The van der Waals surface area contributed by atoms with Crippen LogP contribution < -0.4 is 10.2 Å². The quantitative estimate of drug-likeness (QED) is 0.721.